The molecule has 0 fully saturated rings. The summed E-state index contributed by atoms with van der Waals surface area (Å²) in [6, 6.07) is 0. The number of carbonyl (C=O) groups excluding carboxylic acids is 2. The molecule has 1 aromatic heterocycles. The van der Waals surface area contributed by atoms with Gasteiger partial charge in [-0.3, -0.25) is 9.59 Å². The lowest BCUT2D eigenvalue weighted by Gasteiger charge is -2.18. The van der Waals surface area contributed by atoms with Gasteiger partial charge in [-0.05, 0) is 0 Å². The molecule has 1 aliphatic rings. The first-order valence-electron chi connectivity index (χ1n) is 5.16. The zero-order valence-corrected chi connectivity index (χ0v) is 10.2. The van der Waals surface area contributed by atoms with Crippen molar-refractivity contribution in [1.29, 1.82) is 0 Å². The fourth-order valence-electron chi connectivity index (χ4n) is 1.45. The van der Waals surface area contributed by atoms with Crippen LogP contribution in [0.5, 0.6) is 0 Å². The van der Waals surface area contributed by atoms with E-state index in [4.69, 9.17) is 0 Å². The van der Waals surface area contributed by atoms with Crippen LogP contribution in [0.25, 0.3) is 0 Å². The molecule has 2 amide bonds. The van der Waals surface area contributed by atoms with Crippen LogP contribution in [-0.4, -0.2) is 34.5 Å². The van der Waals surface area contributed by atoms with Crippen LogP contribution in [0.4, 0.5) is 0 Å². The monoisotopic (exact) mass is 252 g/mol. The lowest BCUT2D eigenvalue weighted by atomic mass is 10.1. The highest BCUT2D eigenvalue weighted by Crippen LogP contribution is 2.09. The van der Waals surface area contributed by atoms with Crippen molar-refractivity contribution in [2.45, 2.75) is 19.4 Å². The number of thiazole rings is 1. The van der Waals surface area contributed by atoms with E-state index in [1.807, 2.05) is 5.38 Å². The van der Waals surface area contributed by atoms with Gasteiger partial charge in [-0.2, -0.15) is 5.10 Å². The van der Waals surface area contributed by atoms with Gasteiger partial charge in [-0.15, -0.1) is 11.3 Å². The Kier molecular flexibility index (Phi) is 3.48. The Balaban J connectivity index is 1.97. The number of nitrogens with zero attached hydrogens (tertiary/aromatic N) is 3. The molecule has 1 N–H and O–H groups in total. The summed E-state index contributed by atoms with van der Waals surface area (Å²) in [6.07, 6.45) is 2.42. The average molecular weight is 252 g/mol. The maximum atomic E-state index is 12.0. The van der Waals surface area contributed by atoms with E-state index in [9.17, 15) is 9.59 Å². The summed E-state index contributed by atoms with van der Waals surface area (Å²) < 4.78 is 0. The Hall–Kier alpha value is -1.76. The lowest BCUT2D eigenvalue weighted by Crippen LogP contribution is -2.37. The first-order chi connectivity index (χ1) is 8.16. The summed E-state index contributed by atoms with van der Waals surface area (Å²) in [7, 11) is 1.70. The van der Waals surface area contributed by atoms with Gasteiger partial charge in [0.25, 0.3) is 5.91 Å². The van der Waals surface area contributed by atoms with Crippen molar-refractivity contribution >= 4 is 28.9 Å². The number of carbonyl (C=O) groups is 2. The van der Waals surface area contributed by atoms with Gasteiger partial charge in [-0.1, -0.05) is 0 Å². The third-order valence-electron chi connectivity index (χ3n) is 2.35. The molecule has 0 aliphatic carbocycles. The van der Waals surface area contributed by atoms with Crippen molar-refractivity contribution in [2.75, 3.05) is 7.05 Å². The minimum absolute atomic E-state index is 0.149. The van der Waals surface area contributed by atoms with Gasteiger partial charge in [-0.25, -0.2) is 10.4 Å². The maximum Gasteiger partial charge on any atom is 0.270 e. The number of aromatic nitrogens is 1. The average Bonchev–Trinajstić information content (AvgIpc) is 2.82. The van der Waals surface area contributed by atoms with Crippen molar-refractivity contribution in [3.05, 3.63) is 16.6 Å². The highest BCUT2D eigenvalue weighted by molar-refractivity contribution is 7.09. The van der Waals surface area contributed by atoms with Crippen LogP contribution in [0.2, 0.25) is 0 Å². The number of hydrogen-bond donors (Lipinski definition) is 1. The molecule has 17 heavy (non-hydrogen) atoms. The molecule has 1 aliphatic heterocycles. The Labute approximate surface area is 102 Å². The first-order valence-corrected chi connectivity index (χ1v) is 6.04. The highest BCUT2D eigenvalue weighted by atomic mass is 32.1. The summed E-state index contributed by atoms with van der Waals surface area (Å²) in [6.45, 7) is 0.462. The van der Waals surface area contributed by atoms with Gasteiger partial charge in [0.1, 0.15) is 10.7 Å². The van der Waals surface area contributed by atoms with Crippen LogP contribution in [0, 0.1) is 0 Å². The largest absolute Gasteiger partial charge is 0.334 e. The predicted molar refractivity (Wildman–Crippen MR) is 63.4 cm³/mol. The molecule has 7 heteroatoms. The Morgan fingerprint density at radius 1 is 1.59 bits per heavy atom. The highest BCUT2D eigenvalue weighted by Gasteiger charge is 2.21. The van der Waals surface area contributed by atoms with E-state index in [0.29, 0.717) is 25.1 Å². The van der Waals surface area contributed by atoms with Gasteiger partial charge in [0.15, 0.2) is 0 Å². The maximum absolute atomic E-state index is 12.0. The number of amides is 2. The van der Waals surface area contributed by atoms with Gasteiger partial charge < -0.3 is 4.90 Å². The molecule has 0 saturated carbocycles. The molecule has 2 rings (SSSR count). The molecular weight excluding hydrogens is 240 g/mol. The summed E-state index contributed by atoms with van der Waals surface area (Å²) in [5.41, 5.74) is 2.71. The van der Waals surface area contributed by atoms with Crippen molar-refractivity contribution in [1.82, 2.24) is 15.3 Å². The number of rotatable bonds is 3. The van der Waals surface area contributed by atoms with Crippen molar-refractivity contribution in [3.8, 4) is 0 Å². The Morgan fingerprint density at radius 3 is 3.00 bits per heavy atom. The second-order valence-corrected chi connectivity index (χ2v) is 4.66. The van der Waals surface area contributed by atoms with Crippen molar-refractivity contribution in [3.63, 3.8) is 0 Å². The first kappa shape index (κ1) is 11.7. The zero-order valence-electron chi connectivity index (χ0n) is 9.34. The molecule has 6 nitrogen and oxygen atoms in total. The molecule has 0 unspecified atom stereocenters. The van der Waals surface area contributed by atoms with Crippen LogP contribution in [0.3, 0.4) is 0 Å². The normalized spacial score (nSPS) is 15.1. The van der Waals surface area contributed by atoms with Crippen LogP contribution >= 0.6 is 11.3 Å². The molecule has 0 radical (unpaired) electrons. The number of nitrogens with one attached hydrogen (secondary N) is 1. The van der Waals surface area contributed by atoms with Crippen LogP contribution in [-0.2, 0) is 16.1 Å². The van der Waals surface area contributed by atoms with E-state index in [1.54, 1.807) is 18.1 Å². The molecule has 1 aromatic rings. The van der Waals surface area contributed by atoms with Gasteiger partial charge in [0, 0.05) is 31.5 Å². The van der Waals surface area contributed by atoms with E-state index in [1.165, 1.54) is 11.3 Å². The van der Waals surface area contributed by atoms with Crippen LogP contribution in [0.15, 0.2) is 16.7 Å². The van der Waals surface area contributed by atoms with Gasteiger partial charge in [0.2, 0.25) is 5.91 Å². The second-order valence-electron chi connectivity index (χ2n) is 3.68. The van der Waals surface area contributed by atoms with E-state index in [-0.39, 0.29) is 11.8 Å². The van der Waals surface area contributed by atoms with E-state index in [0.717, 1.165) is 5.01 Å². The second kappa shape index (κ2) is 5.05. The Morgan fingerprint density at radius 2 is 2.41 bits per heavy atom. The fourth-order valence-corrected chi connectivity index (χ4v) is 2.12. The standard InChI is InChI=1S/C10H12N4O2S/c1-14(6-9-11-4-5-17-9)10(16)7-2-3-8(15)13-12-7/h4-5H,2-3,6H2,1H3,(H,13,15). The van der Waals surface area contributed by atoms with Crippen LogP contribution < -0.4 is 5.43 Å². The molecule has 2 heterocycles. The van der Waals surface area contributed by atoms with E-state index < -0.39 is 0 Å². The van der Waals surface area contributed by atoms with Crippen LogP contribution in [0.1, 0.15) is 17.8 Å². The minimum Gasteiger partial charge on any atom is -0.334 e. The molecule has 0 saturated heterocycles. The van der Waals surface area contributed by atoms with Gasteiger partial charge in [0.05, 0.1) is 6.54 Å². The topological polar surface area (TPSA) is 74.7 Å². The molecule has 90 valence electrons. The summed E-state index contributed by atoms with van der Waals surface area (Å²) >= 11 is 1.50. The van der Waals surface area contributed by atoms with Crippen molar-refractivity contribution < 1.29 is 9.59 Å². The summed E-state index contributed by atoms with van der Waals surface area (Å²) in [5.74, 6) is -0.315. The zero-order chi connectivity index (χ0) is 12.3. The van der Waals surface area contributed by atoms with Crippen molar-refractivity contribution in [2.24, 2.45) is 5.10 Å². The SMILES string of the molecule is CN(Cc1nccs1)C(=O)C1=NNC(=O)CC1. The number of hydrogen-bond acceptors (Lipinski definition) is 5. The smallest absolute Gasteiger partial charge is 0.270 e. The quantitative estimate of drug-likeness (QED) is 0.844. The summed E-state index contributed by atoms with van der Waals surface area (Å²) in [5, 5.41) is 6.51. The third-order valence-corrected chi connectivity index (χ3v) is 3.12. The van der Waals surface area contributed by atoms with E-state index in [2.05, 4.69) is 15.5 Å². The predicted octanol–water partition coefficient (Wildman–Crippen LogP) is 0.367. The summed E-state index contributed by atoms with van der Waals surface area (Å²) in [4.78, 5) is 28.5. The molecule has 0 bridgehead atoms. The molecule has 0 atom stereocenters. The fraction of sp³-hybridized carbons (Fsp3) is 0.400. The Bertz CT molecular complexity index is 455. The molecular formula is C10H12N4O2S. The van der Waals surface area contributed by atoms with E-state index >= 15 is 0 Å². The van der Waals surface area contributed by atoms with Gasteiger partial charge >= 0.3 is 0 Å². The lowest BCUT2D eigenvalue weighted by molar-refractivity contribution is -0.124. The third kappa shape index (κ3) is 2.88. The molecule has 0 aromatic carbocycles. The molecule has 0 spiro atoms. The minimum atomic E-state index is -0.166. The number of hydrazone groups is 1.